The lowest BCUT2D eigenvalue weighted by Crippen LogP contribution is -2.36. The first-order valence-corrected chi connectivity index (χ1v) is 11.4. The lowest BCUT2D eigenvalue weighted by atomic mass is 10.1. The second-order valence-corrected chi connectivity index (χ2v) is 8.75. The molecule has 1 fully saturated rings. The molecule has 0 atom stereocenters. The fourth-order valence-electron chi connectivity index (χ4n) is 3.94. The van der Waals surface area contributed by atoms with Crippen molar-refractivity contribution >= 4 is 50.1 Å². The van der Waals surface area contributed by atoms with Gasteiger partial charge in [-0.25, -0.2) is 4.98 Å². The highest BCUT2D eigenvalue weighted by atomic mass is 32.1. The van der Waals surface area contributed by atoms with Gasteiger partial charge in [0.1, 0.15) is 0 Å². The van der Waals surface area contributed by atoms with E-state index in [-0.39, 0.29) is 30.7 Å². The van der Waals surface area contributed by atoms with Gasteiger partial charge in [0.2, 0.25) is 5.91 Å². The first kappa shape index (κ1) is 20.6. The van der Waals surface area contributed by atoms with Gasteiger partial charge in [0.15, 0.2) is 5.13 Å². The molecule has 0 spiro atoms. The summed E-state index contributed by atoms with van der Waals surface area (Å²) in [5.74, 6) is -0.741. The number of hydrogen-bond acceptors (Lipinski definition) is 7. The van der Waals surface area contributed by atoms with Crippen LogP contribution in [0.1, 0.15) is 33.6 Å². The summed E-state index contributed by atoms with van der Waals surface area (Å²) in [4.78, 5) is 45.3. The minimum atomic E-state index is -0.294. The van der Waals surface area contributed by atoms with Crippen molar-refractivity contribution in [3.63, 3.8) is 0 Å². The van der Waals surface area contributed by atoms with Crippen LogP contribution in [0.15, 0.2) is 42.5 Å². The van der Waals surface area contributed by atoms with Crippen molar-refractivity contribution in [3.05, 3.63) is 53.6 Å². The van der Waals surface area contributed by atoms with Crippen LogP contribution in [0.25, 0.3) is 10.2 Å². The number of carbonyl (C=O) groups excluding carboxylic acids is 3. The Bertz CT molecular complexity index is 1170. The second kappa shape index (κ2) is 8.68. The largest absolute Gasteiger partial charge is 0.378 e. The summed E-state index contributed by atoms with van der Waals surface area (Å²) in [7, 11) is 0. The number of rotatable bonds is 6. The van der Waals surface area contributed by atoms with Crippen LogP contribution >= 0.6 is 11.3 Å². The Kier molecular flexibility index (Phi) is 5.59. The summed E-state index contributed by atoms with van der Waals surface area (Å²) in [6.45, 7) is 3.29. The molecule has 2 aliphatic heterocycles. The van der Waals surface area contributed by atoms with Crippen molar-refractivity contribution in [1.82, 2.24) is 9.88 Å². The highest BCUT2D eigenvalue weighted by molar-refractivity contribution is 7.22. The minimum absolute atomic E-state index is 0.154. The Labute approximate surface area is 188 Å². The third-order valence-corrected chi connectivity index (χ3v) is 6.69. The molecule has 2 aromatic carbocycles. The molecule has 8 nitrogen and oxygen atoms in total. The number of carbonyl (C=O) groups is 3. The Morgan fingerprint density at radius 2 is 1.78 bits per heavy atom. The van der Waals surface area contributed by atoms with Gasteiger partial charge in [-0.3, -0.25) is 19.3 Å². The van der Waals surface area contributed by atoms with E-state index in [0.29, 0.717) is 36.4 Å². The minimum Gasteiger partial charge on any atom is -0.378 e. The van der Waals surface area contributed by atoms with E-state index in [4.69, 9.17) is 4.74 Å². The molecule has 164 valence electrons. The molecule has 0 saturated carbocycles. The molecule has 3 amide bonds. The summed E-state index contributed by atoms with van der Waals surface area (Å²) in [6, 6.07) is 12.5. The van der Waals surface area contributed by atoms with E-state index in [1.807, 2.05) is 18.2 Å². The maximum absolute atomic E-state index is 12.4. The SMILES string of the molecule is O=C(CCCN1C(=O)c2ccccc2C1=O)Nc1ccc2nc(N3CCOCC3)sc2c1. The number of benzene rings is 2. The molecule has 5 rings (SSSR count). The molecule has 0 unspecified atom stereocenters. The Morgan fingerprint density at radius 1 is 1.06 bits per heavy atom. The molecule has 0 bridgehead atoms. The van der Waals surface area contributed by atoms with Gasteiger partial charge in [-0.15, -0.1) is 0 Å². The van der Waals surface area contributed by atoms with Crippen molar-refractivity contribution in [2.75, 3.05) is 43.1 Å². The molecule has 3 aromatic rings. The van der Waals surface area contributed by atoms with Crippen molar-refractivity contribution in [2.24, 2.45) is 0 Å². The van der Waals surface area contributed by atoms with Crippen LogP contribution in [0.5, 0.6) is 0 Å². The average Bonchev–Trinajstić information content (AvgIpc) is 3.34. The number of imide groups is 1. The quantitative estimate of drug-likeness (QED) is 0.580. The van der Waals surface area contributed by atoms with Crippen molar-refractivity contribution < 1.29 is 19.1 Å². The van der Waals surface area contributed by atoms with Gasteiger partial charge >= 0.3 is 0 Å². The maximum Gasteiger partial charge on any atom is 0.261 e. The molecule has 0 aliphatic carbocycles. The number of aromatic nitrogens is 1. The van der Waals surface area contributed by atoms with Gasteiger partial charge in [0, 0.05) is 31.7 Å². The van der Waals surface area contributed by atoms with Gasteiger partial charge in [-0.05, 0) is 36.8 Å². The monoisotopic (exact) mass is 450 g/mol. The van der Waals surface area contributed by atoms with Crippen LogP contribution in [-0.4, -0.2) is 60.5 Å². The molecule has 3 heterocycles. The number of amides is 3. The summed E-state index contributed by atoms with van der Waals surface area (Å²) >= 11 is 1.60. The van der Waals surface area contributed by atoms with Crippen molar-refractivity contribution in [2.45, 2.75) is 12.8 Å². The molecular weight excluding hydrogens is 428 g/mol. The number of fused-ring (bicyclic) bond motifs is 2. The first-order chi connectivity index (χ1) is 15.6. The second-order valence-electron chi connectivity index (χ2n) is 7.74. The third-order valence-electron chi connectivity index (χ3n) is 5.61. The van der Waals surface area contributed by atoms with E-state index in [1.54, 1.807) is 35.6 Å². The van der Waals surface area contributed by atoms with E-state index in [9.17, 15) is 14.4 Å². The molecule has 1 saturated heterocycles. The summed E-state index contributed by atoms with van der Waals surface area (Å²) in [6.07, 6.45) is 0.619. The Hall–Kier alpha value is -3.30. The number of nitrogens with zero attached hydrogens (tertiary/aromatic N) is 3. The zero-order valence-electron chi connectivity index (χ0n) is 17.4. The van der Waals surface area contributed by atoms with Crippen LogP contribution in [0.4, 0.5) is 10.8 Å². The van der Waals surface area contributed by atoms with E-state index in [1.165, 1.54) is 4.90 Å². The molecule has 1 aromatic heterocycles. The van der Waals surface area contributed by atoms with Crippen LogP contribution in [-0.2, 0) is 9.53 Å². The van der Waals surface area contributed by atoms with Crippen molar-refractivity contribution in [1.29, 1.82) is 0 Å². The first-order valence-electron chi connectivity index (χ1n) is 10.6. The number of anilines is 2. The standard InChI is InChI=1S/C23H22N4O4S/c28-20(6-3-9-27-21(29)16-4-1-2-5-17(16)22(27)30)24-15-7-8-18-19(14-15)32-23(25-18)26-10-12-31-13-11-26/h1-2,4-5,7-8,14H,3,6,9-13H2,(H,24,28). The number of hydrogen-bond donors (Lipinski definition) is 1. The van der Waals surface area contributed by atoms with E-state index < -0.39 is 0 Å². The summed E-state index contributed by atoms with van der Waals surface area (Å²) < 4.78 is 6.41. The Morgan fingerprint density at radius 3 is 2.50 bits per heavy atom. The van der Waals surface area contributed by atoms with Gasteiger partial charge in [-0.2, -0.15) is 0 Å². The number of ether oxygens (including phenoxy) is 1. The number of nitrogens with one attached hydrogen (secondary N) is 1. The van der Waals surface area contributed by atoms with Gasteiger partial charge in [0.25, 0.3) is 11.8 Å². The third kappa shape index (κ3) is 3.96. The predicted octanol–water partition coefficient (Wildman–Crippen LogP) is 3.15. The molecule has 9 heteroatoms. The van der Waals surface area contributed by atoms with Gasteiger partial charge in [-0.1, -0.05) is 23.5 Å². The van der Waals surface area contributed by atoms with Crippen LogP contribution < -0.4 is 10.2 Å². The van der Waals surface area contributed by atoms with E-state index in [2.05, 4.69) is 15.2 Å². The fourth-order valence-corrected chi connectivity index (χ4v) is 5.00. The highest BCUT2D eigenvalue weighted by Crippen LogP contribution is 2.31. The van der Waals surface area contributed by atoms with Gasteiger partial charge in [0.05, 0.1) is 34.6 Å². The number of morpholine rings is 1. The molecule has 2 aliphatic rings. The smallest absolute Gasteiger partial charge is 0.261 e. The van der Waals surface area contributed by atoms with Crippen LogP contribution in [0.3, 0.4) is 0 Å². The Balaban J connectivity index is 1.17. The van der Waals surface area contributed by atoms with E-state index in [0.717, 1.165) is 28.4 Å². The normalized spacial score (nSPS) is 16.0. The van der Waals surface area contributed by atoms with Crippen LogP contribution in [0, 0.1) is 0 Å². The lowest BCUT2D eigenvalue weighted by molar-refractivity contribution is -0.116. The zero-order valence-corrected chi connectivity index (χ0v) is 18.2. The van der Waals surface area contributed by atoms with Crippen molar-refractivity contribution in [3.8, 4) is 0 Å². The van der Waals surface area contributed by atoms with Crippen LogP contribution in [0.2, 0.25) is 0 Å². The lowest BCUT2D eigenvalue weighted by Gasteiger charge is -2.25. The summed E-state index contributed by atoms with van der Waals surface area (Å²) in [5.41, 5.74) is 2.47. The predicted molar refractivity (Wildman–Crippen MR) is 122 cm³/mol. The maximum atomic E-state index is 12.4. The molecule has 1 N–H and O–H groups in total. The molecule has 32 heavy (non-hydrogen) atoms. The van der Waals surface area contributed by atoms with E-state index >= 15 is 0 Å². The molecular formula is C23H22N4O4S. The van der Waals surface area contributed by atoms with Gasteiger partial charge < -0.3 is 15.0 Å². The molecule has 0 radical (unpaired) electrons. The zero-order chi connectivity index (χ0) is 22.1. The summed E-state index contributed by atoms with van der Waals surface area (Å²) in [5, 5.41) is 3.87. The average molecular weight is 451 g/mol. The number of thiazole rings is 1. The fraction of sp³-hybridized carbons (Fsp3) is 0.304. The topological polar surface area (TPSA) is 91.8 Å². The highest BCUT2D eigenvalue weighted by Gasteiger charge is 2.34.